The molecule has 5 nitrogen and oxygen atoms in total. The van der Waals surface area contributed by atoms with Crippen LogP contribution in [-0.2, 0) is 6.42 Å². The number of nitrogens with one attached hydrogen (secondary N) is 1. The number of pyridine rings is 1. The molecule has 2 aromatic rings. The Kier molecular flexibility index (Phi) is 4.87. The van der Waals surface area contributed by atoms with Gasteiger partial charge in [-0.05, 0) is 32.4 Å². The average Bonchev–Trinajstić information content (AvgIpc) is 2.45. The molecule has 0 aliphatic heterocycles. The molecule has 0 saturated heterocycles. The lowest BCUT2D eigenvalue weighted by molar-refractivity contribution is 0.452. The summed E-state index contributed by atoms with van der Waals surface area (Å²) in [6, 6.07) is 3.70. The molecule has 0 bridgehead atoms. The third-order valence-corrected chi connectivity index (χ3v) is 2.81. The molecule has 2 rings (SSSR count). The summed E-state index contributed by atoms with van der Waals surface area (Å²) < 4.78 is 5.83. The van der Waals surface area contributed by atoms with E-state index in [0.717, 1.165) is 36.6 Å². The van der Waals surface area contributed by atoms with Crippen LogP contribution in [0.3, 0.4) is 0 Å². The van der Waals surface area contributed by atoms with E-state index in [1.54, 1.807) is 12.4 Å². The first-order valence-electron chi connectivity index (χ1n) is 6.93. The van der Waals surface area contributed by atoms with Crippen molar-refractivity contribution in [3.05, 3.63) is 35.9 Å². The van der Waals surface area contributed by atoms with Crippen molar-refractivity contribution < 1.29 is 4.74 Å². The van der Waals surface area contributed by atoms with E-state index >= 15 is 0 Å². The lowest BCUT2D eigenvalue weighted by atomic mass is 10.2. The van der Waals surface area contributed by atoms with Crippen molar-refractivity contribution in [1.29, 1.82) is 0 Å². The van der Waals surface area contributed by atoms with Crippen molar-refractivity contribution in [3.63, 3.8) is 0 Å². The molecule has 106 valence electrons. The van der Waals surface area contributed by atoms with Crippen LogP contribution < -0.4 is 10.1 Å². The zero-order chi connectivity index (χ0) is 14.4. The first kappa shape index (κ1) is 14.2. The van der Waals surface area contributed by atoms with E-state index in [1.165, 1.54) is 0 Å². The monoisotopic (exact) mass is 272 g/mol. The number of aromatic nitrogens is 3. The van der Waals surface area contributed by atoms with Gasteiger partial charge in [-0.2, -0.15) is 4.98 Å². The predicted octanol–water partition coefficient (Wildman–Crippen LogP) is 3.36. The summed E-state index contributed by atoms with van der Waals surface area (Å²) in [6.45, 7) is 6.93. The second-order valence-electron chi connectivity index (χ2n) is 4.49. The van der Waals surface area contributed by atoms with Gasteiger partial charge < -0.3 is 10.1 Å². The minimum absolute atomic E-state index is 0.590. The Morgan fingerprint density at radius 1 is 1.25 bits per heavy atom. The van der Waals surface area contributed by atoms with Crippen molar-refractivity contribution >= 4 is 5.82 Å². The van der Waals surface area contributed by atoms with E-state index in [1.807, 2.05) is 26.0 Å². The van der Waals surface area contributed by atoms with E-state index in [9.17, 15) is 0 Å². The van der Waals surface area contributed by atoms with Crippen molar-refractivity contribution in [3.8, 4) is 11.6 Å². The molecule has 2 aromatic heterocycles. The highest BCUT2D eigenvalue weighted by Gasteiger charge is 2.12. The largest absolute Gasteiger partial charge is 0.437 e. The molecule has 0 spiro atoms. The van der Waals surface area contributed by atoms with Crippen LogP contribution in [0.25, 0.3) is 0 Å². The highest BCUT2D eigenvalue weighted by Crippen LogP contribution is 2.26. The number of hydrogen-bond acceptors (Lipinski definition) is 5. The third kappa shape index (κ3) is 3.44. The van der Waals surface area contributed by atoms with Gasteiger partial charge in [-0.1, -0.05) is 6.92 Å². The quantitative estimate of drug-likeness (QED) is 0.873. The second-order valence-corrected chi connectivity index (χ2v) is 4.49. The zero-order valence-corrected chi connectivity index (χ0v) is 12.2. The van der Waals surface area contributed by atoms with Gasteiger partial charge in [0.1, 0.15) is 17.4 Å². The number of aryl methyl sites for hydroxylation is 1. The molecule has 2 heterocycles. The Morgan fingerprint density at radius 2 is 2.10 bits per heavy atom. The number of anilines is 1. The number of rotatable bonds is 6. The van der Waals surface area contributed by atoms with E-state index in [2.05, 4.69) is 27.2 Å². The molecule has 0 fully saturated rings. The van der Waals surface area contributed by atoms with Crippen LogP contribution in [-0.4, -0.2) is 21.5 Å². The standard InChI is InChI=1S/C15H20N4O/c1-4-7-13-18-14(17-5-2)11(3)15(19-13)20-12-8-6-9-16-10-12/h6,8-10H,4-5,7H2,1-3H3,(H,17,18,19). The Bertz CT molecular complexity index is 557. The van der Waals surface area contributed by atoms with E-state index in [0.29, 0.717) is 11.6 Å². The molecular formula is C15H20N4O. The zero-order valence-electron chi connectivity index (χ0n) is 12.2. The Labute approximate surface area is 119 Å². The van der Waals surface area contributed by atoms with Gasteiger partial charge in [0.2, 0.25) is 5.88 Å². The van der Waals surface area contributed by atoms with E-state index < -0.39 is 0 Å². The third-order valence-electron chi connectivity index (χ3n) is 2.81. The second kappa shape index (κ2) is 6.84. The summed E-state index contributed by atoms with van der Waals surface area (Å²) >= 11 is 0. The van der Waals surface area contributed by atoms with Gasteiger partial charge >= 0.3 is 0 Å². The molecule has 0 radical (unpaired) electrons. The molecule has 5 heteroatoms. The smallest absolute Gasteiger partial charge is 0.227 e. The molecule has 0 unspecified atom stereocenters. The Morgan fingerprint density at radius 3 is 2.75 bits per heavy atom. The Hall–Kier alpha value is -2.17. The number of hydrogen-bond donors (Lipinski definition) is 1. The minimum Gasteiger partial charge on any atom is -0.437 e. The molecule has 0 aromatic carbocycles. The van der Waals surface area contributed by atoms with Crippen molar-refractivity contribution in [2.45, 2.75) is 33.6 Å². The van der Waals surface area contributed by atoms with Crippen molar-refractivity contribution in [1.82, 2.24) is 15.0 Å². The Balaban J connectivity index is 2.34. The SMILES string of the molecule is CCCc1nc(NCC)c(C)c(Oc2cccnc2)n1. The topological polar surface area (TPSA) is 59.9 Å². The summed E-state index contributed by atoms with van der Waals surface area (Å²) in [6.07, 6.45) is 5.23. The van der Waals surface area contributed by atoms with Crippen LogP contribution in [0.5, 0.6) is 11.6 Å². The first-order chi connectivity index (χ1) is 9.74. The highest BCUT2D eigenvalue weighted by atomic mass is 16.5. The molecule has 20 heavy (non-hydrogen) atoms. The molecule has 0 aliphatic carbocycles. The van der Waals surface area contributed by atoms with E-state index in [-0.39, 0.29) is 0 Å². The summed E-state index contributed by atoms with van der Waals surface area (Å²) in [5, 5.41) is 3.25. The van der Waals surface area contributed by atoms with Gasteiger partial charge in [0, 0.05) is 19.2 Å². The molecular weight excluding hydrogens is 252 g/mol. The fourth-order valence-corrected chi connectivity index (χ4v) is 1.83. The first-order valence-corrected chi connectivity index (χ1v) is 6.93. The maximum atomic E-state index is 5.83. The summed E-state index contributed by atoms with van der Waals surface area (Å²) in [7, 11) is 0. The molecule has 0 aliphatic rings. The number of nitrogens with zero attached hydrogens (tertiary/aromatic N) is 3. The van der Waals surface area contributed by atoms with Crippen LogP contribution in [0, 0.1) is 6.92 Å². The fraction of sp³-hybridized carbons (Fsp3) is 0.400. The molecule has 0 saturated carbocycles. The lowest BCUT2D eigenvalue weighted by Gasteiger charge is -2.13. The van der Waals surface area contributed by atoms with Gasteiger partial charge in [0.05, 0.1) is 11.8 Å². The van der Waals surface area contributed by atoms with Crippen molar-refractivity contribution in [2.75, 3.05) is 11.9 Å². The molecule has 1 N–H and O–H groups in total. The maximum Gasteiger partial charge on any atom is 0.227 e. The summed E-state index contributed by atoms with van der Waals surface area (Å²) in [5.74, 6) is 2.91. The van der Waals surface area contributed by atoms with Crippen molar-refractivity contribution in [2.24, 2.45) is 0 Å². The van der Waals surface area contributed by atoms with Gasteiger partial charge in [0.25, 0.3) is 0 Å². The van der Waals surface area contributed by atoms with Gasteiger partial charge in [-0.3, -0.25) is 4.98 Å². The van der Waals surface area contributed by atoms with Crippen LogP contribution in [0.2, 0.25) is 0 Å². The average molecular weight is 272 g/mol. The maximum absolute atomic E-state index is 5.83. The van der Waals surface area contributed by atoms with Crippen LogP contribution >= 0.6 is 0 Å². The summed E-state index contributed by atoms with van der Waals surface area (Å²) in [5.41, 5.74) is 0.913. The molecule has 0 atom stereocenters. The predicted molar refractivity (Wildman–Crippen MR) is 79.2 cm³/mol. The van der Waals surface area contributed by atoms with Gasteiger partial charge in [-0.15, -0.1) is 0 Å². The minimum atomic E-state index is 0.590. The highest BCUT2D eigenvalue weighted by molar-refractivity contribution is 5.49. The van der Waals surface area contributed by atoms with Crippen LogP contribution in [0.1, 0.15) is 31.7 Å². The van der Waals surface area contributed by atoms with Crippen LogP contribution in [0.4, 0.5) is 5.82 Å². The van der Waals surface area contributed by atoms with Gasteiger partial charge in [-0.25, -0.2) is 4.98 Å². The number of ether oxygens (including phenoxy) is 1. The van der Waals surface area contributed by atoms with Gasteiger partial charge in [0.15, 0.2) is 0 Å². The molecule has 0 amide bonds. The van der Waals surface area contributed by atoms with E-state index in [4.69, 9.17) is 4.74 Å². The summed E-state index contributed by atoms with van der Waals surface area (Å²) in [4.78, 5) is 13.1. The fourth-order valence-electron chi connectivity index (χ4n) is 1.83. The lowest BCUT2D eigenvalue weighted by Crippen LogP contribution is -2.08. The normalized spacial score (nSPS) is 10.3. The van der Waals surface area contributed by atoms with Crippen LogP contribution in [0.15, 0.2) is 24.5 Å².